The third kappa shape index (κ3) is 3.37. The van der Waals surface area contributed by atoms with Gasteiger partial charge < -0.3 is 11.1 Å². The van der Waals surface area contributed by atoms with Crippen LogP contribution in [0.2, 0.25) is 0 Å². The van der Waals surface area contributed by atoms with Gasteiger partial charge in [0.2, 0.25) is 0 Å². The summed E-state index contributed by atoms with van der Waals surface area (Å²) in [5.74, 6) is 0.0212. The van der Waals surface area contributed by atoms with Crippen LogP contribution in [-0.2, 0) is 6.54 Å². The summed E-state index contributed by atoms with van der Waals surface area (Å²) in [6.45, 7) is 2.39. The second kappa shape index (κ2) is 6.31. The van der Waals surface area contributed by atoms with Crippen molar-refractivity contribution in [1.29, 1.82) is 0 Å². The third-order valence-corrected chi connectivity index (χ3v) is 3.40. The van der Waals surface area contributed by atoms with Crippen molar-refractivity contribution in [3.8, 4) is 0 Å². The minimum absolute atomic E-state index is 0.263. The van der Waals surface area contributed by atoms with Crippen molar-refractivity contribution in [1.82, 2.24) is 14.8 Å². The van der Waals surface area contributed by atoms with Crippen LogP contribution < -0.4 is 11.1 Å². The van der Waals surface area contributed by atoms with Crippen molar-refractivity contribution in [2.75, 3.05) is 11.1 Å². The first-order valence-corrected chi connectivity index (χ1v) is 7.23. The summed E-state index contributed by atoms with van der Waals surface area (Å²) in [6.07, 6.45) is 1.58. The molecular weight excluding hydrogens is 290 g/mol. The second-order valence-corrected chi connectivity index (χ2v) is 5.20. The highest BCUT2D eigenvalue weighted by Crippen LogP contribution is 2.16. The van der Waals surface area contributed by atoms with Gasteiger partial charge in [0.25, 0.3) is 5.91 Å². The highest BCUT2D eigenvalue weighted by molar-refractivity contribution is 6.04. The Kier molecular flexibility index (Phi) is 4.05. The van der Waals surface area contributed by atoms with Gasteiger partial charge in [-0.25, -0.2) is 4.98 Å². The van der Waals surface area contributed by atoms with E-state index in [4.69, 9.17) is 5.73 Å². The molecule has 0 aliphatic heterocycles. The Hall–Kier alpha value is -3.15. The molecule has 6 nitrogen and oxygen atoms in total. The molecule has 0 fully saturated rings. The lowest BCUT2D eigenvalue weighted by Crippen LogP contribution is -2.19. The highest BCUT2D eigenvalue weighted by Gasteiger charge is 2.15. The smallest absolute Gasteiger partial charge is 0.274 e. The first kappa shape index (κ1) is 14.8. The second-order valence-electron chi connectivity index (χ2n) is 5.20. The standard InChI is InChI=1S/C17H17N5O/c1-12-10-15(17(23)20-14-8-5-9-19-16(14)18)22(21-12)11-13-6-3-2-4-7-13/h2-10H,11H2,1H3,(H2,18,19)(H,20,23). The summed E-state index contributed by atoms with van der Waals surface area (Å²) in [5, 5.41) is 7.18. The molecular formula is C17H17N5O. The van der Waals surface area contributed by atoms with Crippen LogP contribution in [0.15, 0.2) is 54.7 Å². The first-order chi connectivity index (χ1) is 11.1. The zero-order chi connectivity index (χ0) is 16.2. The van der Waals surface area contributed by atoms with Crippen molar-refractivity contribution in [3.05, 3.63) is 71.7 Å². The van der Waals surface area contributed by atoms with E-state index in [0.29, 0.717) is 17.9 Å². The normalized spacial score (nSPS) is 10.5. The molecule has 0 bridgehead atoms. The third-order valence-electron chi connectivity index (χ3n) is 3.40. The molecule has 23 heavy (non-hydrogen) atoms. The molecule has 3 aromatic rings. The number of aryl methyl sites for hydroxylation is 1. The number of nitrogens with zero attached hydrogens (tertiary/aromatic N) is 3. The van der Waals surface area contributed by atoms with Crippen molar-refractivity contribution >= 4 is 17.4 Å². The molecule has 3 rings (SSSR count). The highest BCUT2D eigenvalue weighted by atomic mass is 16.2. The number of carbonyl (C=O) groups excluding carboxylic acids is 1. The molecule has 0 spiro atoms. The SMILES string of the molecule is Cc1cc(C(=O)Nc2cccnc2N)n(Cc2ccccc2)n1. The predicted octanol–water partition coefficient (Wildman–Crippen LogP) is 2.47. The molecule has 0 aliphatic rings. The summed E-state index contributed by atoms with van der Waals surface area (Å²) in [6, 6.07) is 15.1. The lowest BCUT2D eigenvalue weighted by molar-refractivity contribution is 0.101. The number of nitrogen functional groups attached to an aromatic ring is 1. The van der Waals surface area contributed by atoms with E-state index in [9.17, 15) is 4.79 Å². The number of nitrogens with two attached hydrogens (primary N) is 1. The fraction of sp³-hybridized carbons (Fsp3) is 0.118. The number of carbonyl (C=O) groups is 1. The van der Waals surface area contributed by atoms with E-state index in [0.717, 1.165) is 11.3 Å². The van der Waals surface area contributed by atoms with Crippen molar-refractivity contribution in [3.63, 3.8) is 0 Å². The fourth-order valence-corrected chi connectivity index (χ4v) is 2.31. The van der Waals surface area contributed by atoms with Crippen LogP contribution in [0.5, 0.6) is 0 Å². The molecule has 0 radical (unpaired) electrons. The fourth-order valence-electron chi connectivity index (χ4n) is 2.31. The number of rotatable bonds is 4. The predicted molar refractivity (Wildman–Crippen MR) is 89.1 cm³/mol. The Balaban J connectivity index is 1.85. The summed E-state index contributed by atoms with van der Waals surface area (Å²) in [5.41, 5.74) is 8.59. The molecule has 2 aromatic heterocycles. The molecule has 0 atom stereocenters. The lowest BCUT2D eigenvalue weighted by Gasteiger charge is -2.09. The number of nitrogens with one attached hydrogen (secondary N) is 1. The summed E-state index contributed by atoms with van der Waals surface area (Å²) in [7, 11) is 0. The summed E-state index contributed by atoms with van der Waals surface area (Å²) >= 11 is 0. The number of pyridine rings is 1. The van der Waals surface area contributed by atoms with Gasteiger partial charge in [0.1, 0.15) is 11.5 Å². The van der Waals surface area contributed by atoms with E-state index in [1.54, 1.807) is 29.1 Å². The lowest BCUT2D eigenvalue weighted by atomic mass is 10.2. The molecule has 1 aromatic carbocycles. The van der Waals surface area contributed by atoms with Crippen LogP contribution in [0, 0.1) is 6.92 Å². The Bertz CT molecular complexity index is 826. The van der Waals surface area contributed by atoms with Crippen LogP contribution in [-0.4, -0.2) is 20.7 Å². The first-order valence-electron chi connectivity index (χ1n) is 7.23. The zero-order valence-electron chi connectivity index (χ0n) is 12.7. The van der Waals surface area contributed by atoms with Gasteiger partial charge in [-0.1, -0.05) is 30.3 Å². The number of hydrogen-bond donors (Lipinski definition) is 2. The average Bonchev–Trinajstić information content (AvgIpc) is 2.91. The largest absolute Gasteiger partial charge is 0.382 e. The molecule has 1 amide bonds. The van der Waals surface area contributed by atoms with Crippen molar-refractivity contribution < 1.29 is 4.79 Å². The molecule has 6 heteroatoms. The molecule has 0 saturated carbocycles. The van der Waals surface area contributed by atoms with Crippen molar-refractivity contribution in [2.24, 2.45) is 0 Å². The van der Waals surface area contributed by atoms with E-state index in [-0.39, 0.29) is 11.7 Å². The van der Waals surface area contributed by atoms with E-state index >= 15 is 0 Å². The van der Waals surface area contributed by atoms with Crippen LogP contribution in [0.3, 0.4) is 0 Å². The van der Waals surface area contributed by atoms with Crippen LogP contribution >= 0.6 is 0 Å². The Morgan fingerprint density at radius 1 is 1.22 bits per heavy atom. The maximum atomic E-state index is 12.5. The van der Waals surface area contributed by atoms with Gasteiger partial charge in [-0.2, -0.15) is 5.10 Å². The number of benzene rings is 1. The monoisotopic (exact) mass is 307 g/mol. The maximum Gasteiger partial charge on any atom is 0.274 e. The summed E-state index contributed by atoms with van der Waals surface area (Å²) < 4.78 is 1.69. The van der Waals surface area contributed by atoms with Crippen molar-refractivity contribution in [2.45, 2.75) is 13.5 Å². The van der Waals surface area contributed by atoms with Gasteiger partial charge in [0, 0.05) is 6.20 Å². The molecule has 0 unspecified atom stereocenters. The average molecular weight is 307 g/mol. The zero-order valence-corrected chi connectivity index (χ0v) is 12.7. The van der Waals surface area contributed by atoms with E-state index in [1.165, 1.54) is 0 Å². The van der Waals surface area contributed by atoms with Crippen LogP contribution in [0.25, 0.3) is 0 Å². The van der Waals surface area contributed by atoms with Crippen LogP contribution in [0.4, 0.5) is 11.5 Å². The summed E-state index contributed by atoms with van der Waals surface area (Å²) in [4.78, 5) is 16.5. The van der Waals surface area contributed by atoms with Gasteiger partial charge in [-0.15, -0.1) is 0 Å². The number of aromatic nitrogens is 3. The number of anilines is 2. The number of amides is 1. The van der Waals surface area contributed by atoms with E-state index in [2.05, 4.69) is 15.4 Å². The molecule has 2 heterocycles. The van der Waals surface area contributed by atoms with Gasteiger partial charge in [-0.3, -0.25) is 9.48 Å². The minimum atomic E-state index is -0.263. The molecule has 116 valence electrons. The molecule has 0 saturated heterocycles. The minimum Gasteiger partial charge on any atom is -0.382 e. The molecule has 3 N–H and O–H groups in total. The quantitative estimate of drug-likeness (QED) is 0.775. The molecule has 0 aliphatic carbocycles. The van der Waals surface area contributed by atoms with E-state index in [1.807, 2.05) is 37.3 Å². The Morgan fingerprint density at radius 2 is 2.00 bits per heavy atom. The Labute approximate surface area is 134 Å². The van der Waals surface area contributed by atoms with Gasteiger partial charge >= 0.3 is 0 Å². The Morgan fingerprint density at radius 3 is 2.74 bits per heavy atom. The van der Waals surface area contributed by atoms with Gasteiger partial charge in [0.15, 0.2) is 0 Å². The topological polar surface area (TPSA) is 85.8 Å². The number of hydrogen-bond acceptors (Lipinski definition) is 4. The van der Waals surface area contributed by atoms with E-state index < -0.39 is 0 Å². The van der Waals surface area contributed by atoms with Crippen LogP contribution in [0.1, 0.15) is 21.7 Å². The van der Waals surface area contributed by atoms with Gasteiger partial charge in [-0.05, 0) is 30.7 Å². The van der Waals surface area contributed by atoms with Gasteiger partial charge in [0.05, 0.1) is 17.9 Å². The maximum absolute atomic E-state index is 12.5.